The van der Waals surface area contributed by atoms with Gasteiger partial charge in [0.25, 0.3) is 0 Å². The Hall–Kier alpha value is -0.680. The molecule has 4 rings (SSSR count). The number of fused-ring (bicyclic) bond motifs is 5. The molecule has 4 aliphatic carbocycles. The normalized spacial score (nSPS) is 29.5. The van der Waals surface area contributed by atoms with Gasteiger partial charge in [0.15, 0.2) is 0 Å². The van der Waals surface area contributed by atoms with Gasteiger partial charge in [-0.3, -0.25) is 0 Å². The number of rotatable bonds is 30. The molecular formula is C56H103NO3. The summed E-state index contributed by atoms with van der Waals surface area (Å²) >= 11 is 0. The molecule has 0 aromatic carbocycles. The van der Waals surface area contributed by atoms with Crippen LogP contribution in [-0.4, -0.2) is 62.2 Å². The molecule has 0 aromatic rings. The lowest BCUT2D eigenvalue weighted by Crippen LogP contribution is -2.54. The zero-order valence-electron chi connectivity index (χ0n) is 42.3. The molecule has 0 N–H and O–H groups in total. The third-order valence-electron chi connectivity index (χ3n) is 17.4. The third kappa shape index (κ3) is 14.9. The van der Waals surface area contributed by atoms with Crippen molar-refractivity contribution >= 4 is 0 Å². The van der Waals surface area contributed by atoms with Crippen molar-refractivity contribution in [2.75, 3.05) is 33.9 Å². The largest absolute Gasteiger partial charge is 0.374 e. The van der Waals surface area contributed by atoms with Gasteiger partial charge in [-0.25, -0.2) is 0 Å². The van der Waals surface area contributed by atoms with E-state index < -0.39 is 11.2 Å². The monoisotopic (exact) mass is 838 g/mol. The summed E-state index contributed by atoms with van der Waals surface area (Å²) in [5.74, 6) is 5.29. The van der Waals surface area contributed by atoms with Crippen molar-refractivity contribution in [1.82, 2.24) is 4.90 Å². The van der Waals surface area contributed by atoms with Crippen molar-refractivity contribution in [2.24, 2.45) is 46.3 Å². The van der Waals surface area contributed by atoms with E-state index in [2.05, 4.69) is 106 Å². The Morgan fingerprint density at radius 1 is 0.750 bits per heavy atom. The van der Waals surface area contributed by atoms with Crippen LogP contribution in [0.3, 0.4) is 0 Å². The highest BCUT2D eigenvalue weighted by molar-refractivity contribution is 5.25. The SMILES string of the molecule is CCCCCCCC/C=C\CCCCCCCCOC(COC(C)(C)C(C)(C)O[C@H]1CC[C@@]2(C)C(=CCC3C2CC[C@@]2(C)C3CC[C@@H]2[C@H](C)CCCC(C)C)C1)CN(C)C. The summed E-state index contributed by atoms with van der Waals surface area (Å²) in [6, 6.07) is 0. The van der Waals surface area contributed by atoms with Crippen LogP contribution in [0.4, 0.5) is 0 Å². The predicted molar refractivity (Wildman–Crippen MR) is 260 cm³/mol. The molecule has 0 radical (unpaired) electrons. The Bertz CT molecular complexity index is 1250. The minimum absolute atomic E-state index is 0.0644. The van der Waals surface area contributed by atoms with Crippen LogP contribution in [-0.2, 0) is 14.2 Å². The van der Waals surface area contributed by atoms with Crippen LogP contribution < -0.4 is 0 Å². The molecule has 0 amide bonds. The first-order valence-electron chi connectivity index (χ1n) is 26.5. The van der Waals surface area contributed by atoms with Gasteiger partial charge in [0, 0.05) is 13.2 Å². The fourth-order valence-electron chi connectivity index (χ4n) is 12.9. The summed E-state index contributed by atoms with van der Waals surface area (Å²) < 4.78 is 20.4. The van der Waals surface area contributed by atoms with Crippen LogP contribution in [0.25, 0.3) is 0 Å². The Morgan fingerprint density at radius 2 is 1.40 bits per heavy atom. The maximum absolute atomic E-state index is 7.14. The van der Waals surface area contributed by atoms with Gasteiger partial charge in [-0.15, -0.1) is 0 Å². The number of hydrogen-bond donors (Lipinski definition) is 0. The summed E-state index contributed by atoms with van der Waals surface area (Å²) in [4.78, 5) is 2.24. The van der Waals surface area contributed by atoms with Crippen molar-refractivity contribution in [1.29, 1.82) is 0 Å². The standard InChI is InChI=1S/C56H103NO3/c1-13-14-15-16-17-18-19-20-21-22-23-24-25-26-27-28-40-58-48(42-57(11)12)43-59-53(5,6)54(7,8)60-47-36-38-55(9)46(41-47)32-33-49-51-35-34-50(45(4)31-29-30-44(2)3)56(51,10)39-37-52(49)55/h20-21,32,44-45,47-52H,13-19,22-31,33-43H2,1-12H3/b21-20-/t45-,47+,48?,49?,50-,51?,52?,55+,56-/m1/s1. The van der Waals surface area contributed by atoms with Crippen LogP contribution in [0.15, 0.2) is 23.8 Å². The maximum atomic E-state index is 7.14. The molecule has 60 heavy (non-hydrogen) atoms. The number of hydrogen-bond acceptors (Lipinski definition) is 4. The third-order valence-corrected chi connectivity index (χ3v) is 17.4. The van der Waals surface area contributed by atoms with E-state index in [1.165, 1.54) is 141 Å². The van der Waals surface area contributed by atoms with Crippen LogP contribution in [0, 0.1) is 46.3 Å². The molecule has 0 saturated heterocycles. The number of ether oxygens (including phenoxy) is 3. The molecular weight excluding hydrogens is 735 g/mol. The summed E-state index contributed by atoms with van der Waals surface area (Å²) in [6.45, 7) is 26.4. The summed E-state index contributed by atoms with van der Waals surface area (Å²) in [5, 5.41) is 0. The van der Waals surface area contributed by atoms with Gasteiger partial charge in [0.2, 0.25) is 0 Å². The van der Waals surface area contributed by atoms with Crippen molar-refractivity contribution in [3.05, 3.63) is 23.8 Å². The highest BCUT2D eigenvalue weighted by Gasteiger charge is 2.59. The zero-order valence-corrected chi connectivity index (χ0v) is 42.3. The van der Waals surface area contributed by atoms with E-state index in [1.54, 1.807) is 5.57 Å². The molecule has 3 saturated carbocycles. The molecule has 3 fully saturated rings. The first-order valence-corrected chi connectivity index (χ1v) is 26.5. The minimum Gasteiger partial charge on any atom is -0.374 e. The van der Waals surface area contributed by atoms with Gasteiger partial charge in [0.05, 0.1) is 30.0 Å². The fourth-order valence-corrected chi connectivity index (χ4v) is 12.9. The lowest BCUT2D eigenvalue weighted by atomic mass is 9.47. The van der Waals surface area contributed by atoms with Crippen molar-refractivity contribution in [2.45, 2.75) is 253 Å². The minimum atomic E-state index is -0.435. The highest BCUT2D eigenvalue weighted by atomic mass is 16.6. The van der Waals surface area contributed by atoms with Gasteiger partial charge in [-0.05, 0) is 172 Å². The van der Waals surface area contributed by atoms with Crippen molar-refractivity contribution in [3.63, 3.8) is 0 Å². The predicted octanol–water partition coefficient (Wildman–Crippen LogP) is 16.0. The Morgan fingerprint density at radius 3 is 2.05 bits per heavy atom. The quantitative estimate of drug-likeness (QED) is 0.0533. The van der Waals surface area contributed by atoms with Gasteiger partial charge in [0.1, 0.15) is 0 Å². The second-order valence-electron chi connectivity index (χ2n) is 23.3. The summed E-state index contributed by atoms with van der Waals surface area (Å²) in [5.41, 5.74) is 1.78. The highest BCUT2D eigenvalue weighted by Crippen LogP contribution is 2.67. The Balaban J connectivity index is 1.17. The summed E-state index contributed by atoms with van der Waals surface area (Å²) in [7, 11) is 4.29. The molecule has 4 heteroatoms. The van der Waals surface area contributed by atoms with Crippen LogP contribution in [0.5, 0.6) is 0 Å². The number of likely N-dealkylation sites (N-methyl/N-ethyl adjacent to an activating group) is 1. The van der Waals surface area contributed by atoms with Gasteiger partial charge in [-0.2, -0.15) is 0 Å². The van der Waals surface area contributed by atoms with Gasteiger partial charge in [-0.1, -0.05) is 142 Å². The summed E-state index contributed by atoms with van der Waals surface area (Å²) in [6.07, 6.45) is 41.4. The zero-order chi connectivity index (χ0) is 43.8. The molecule has 4 aliphatic rings. The van der Waals surface area contributed by atoms with Crippen LogP contribution >= 0.6 is 0 Å². The Kier molecular flexibility index (Phi) is 21.8. The molecule has 9 atom stereocenters. The maximum Gasteiger partial charge on any atom is 0.0935 e. The first kappa shape index (κ1) is 51.9. The van der Waals surface area contributed by atoms with Gasteiger partial charge < -0.3 is 19.1 Å². The van der Waals surface area contributed by atoms with Crippen LogP contribution in [0.2, 0.25) is 0 Å². The van der Waals surface area contributed by atoms with Crippen molar-refractivity contribution in [3.8, 4) is 0 Å². The molecule has 4 unspecified atom stereocenters. The lowest BCUT2D eigenvalue weighted by molar-refractivity contribution is -0.213. The van der Waals surface area contributed by atoms with Crippen molar-refractivity contribution < 1.29 is 14.2 Å². The van der Waals surface area contributed by atoms with Crippen LogP contribution in [0.1, 0.15) is 230 Å². The van der Waals surface area contributed by atoms with E-state index >= 15 is 0 Å². The topological polar surface area (TPSA) is 30.9 Å². The fraction of sp³-hybridized carbons (Fsp3) is 0.929. The first-order chi connectivity index (χ1) is 28.5. The number of allylic oxidation sites excluding steroid dienone is 3. The van der Waals surface area contributed by atoms with E-state index in [4.69, 9.17) is 14.2 Å². The smallest absolute Gasteiger partial charge is 0.0935 e. The molecule has 350 valence electrons. The van der Waals surface area contributed by atoms with E-state index in [0.717, 1.165) is 67.9 Å². The molecule has 0 bridgehead atoms. The molecule has 0 aliphatic heterocycles. The Labute approximate surface area is 375 Å². The molecule has 4 nitrogen and oxygen atoms in total. The van der Waals surface area contributed by atoms with E-state index in [9.17, 15) is 0 Å². The molecule has 0 aromatic heterocycles. The number of nitrogens with zero attached hydrogens (tertiary/aromatic N) is 1. The second kappa shape index (κ2) is 25.1. The van der Waals surface area contributed by atoms with E-state index in [0.29, 0.717) is 17.4 Å². The van der Waals surface area contributed by atoms with E-state index in [1.807, 2.05) is 0 Å². The molecule has 0 heterocycles. The average Bonchev–Trinajstić information content (AvgIpc) is 3.55. The lowest BCUT2D eigenvalue weighted by Gasteiger charge is -2.59. The number of unbranched alkanes of at least 4 members (excludes halogenated alkanes) is 12. The van der Waals surface area contributed by atoms with E-state index in [-0.39, 0.29) is 12.2 Å². The molecule has 0 spiro atoms. The average molecular weight is 838 g/mol. The second-order valence-corrected chi connectivity index (χ2v) is 23.3. The van der Waals surface area contributed by atoms with Gasteiger partial charge >= 0.3 is 0 Å².